The molecule has 2 aliphatic rings. The Morgan fingerprint density at radius 3 is 2.44 bits per heavy atom. The first-order valence-corrected chi connectivity index (χ1v) is 9.81. The van der Waals surface area contributed by atoms with Crippen molar-refractivity contribution in [2.45, 2.75) is 32.2 Å². The molecule has 0 bridgehead atoms. The average Bonchev–Trinajstić information content (AvgIpc) is 2.63. The highest BCUT2D eigenvalue weighted by atomic mass is 19.1. The lowest BCUT2D eigenvalue weighted by molar-refractivity contribution is -0.136. The number of amides is 2. The first-order valence-electron chi connectivity index (χ1n) is 9.81. The Kier molecular flexibility index (Phi) is 6.79. The molecule has 0 unspecified atom stereocenters. The van der Waals surface area contributed by atoms with Gasteiger partial charge in [0.2, 0.25) is 11.8 Å². The Morgan fingerprint density at radius 1 is 1.07 bits per heavy atom. The lowest BCUT2D eigenvalue weighted by atomic mass is 10.0. The van der Waals surface area contributed by atoms with E-state index in [-0.39, 0.29) is 24.2 Å². The van der Waals surface area contributed by atoms with Crippen LogP contribution in [-0.2, 0) is 9.59 Å². The summed E-state index contributed by atoms with van der Waals surface area (Å²) < 4.78 is 13.2. The van der Waals surface area contributed by atoms with E-state index >= 15 is 0 Å². The molecule has 0 aromatic heterocycles. The zero-order valence-electron chi connectivity index (χ0n) is 16.0. The normalized spacial score (nSPS) is 21.9. The second-order valence-corrected chi connectivity index (χ2v) is 7.54. The van der Waals surface area contributed by atoms with Crippen molar-refractivity contribution < 1.29 is 14.0 Å². The van der Waals surface area contributed by atoms with E-state index in [0.29, 0.717) is 18.3 Å². The number of benzene rings is 1. The molecule has 3 rings (SSSR count). The van der Waals surface area contributed by atoms with Crippen molar-refractivity contribution >= 4 is 17.5 Å². The van der Waals surface area contributed by atoms with Crippen LogP contribution >= 0.6 is 0 Å². The number of carbonyl (C=O) groups is 2. The number of nitrogens with one attached hydrogen (secondary N) is 1. The van der Waals surface area contributed by atoms with Crippen molar-refractivity contribution in [1.29, 1.82) is 0 Å². The van der Waals surface area contributed by atoms with Crippen molar-refractivity contribution in [3.8, 4) is 0 Å². The topological polar surface area (TPSA) is 55.9 Å². The number of piperazine rings is 1. The van der Waals surface area contributed by atoms with Crippen LogP contribution in [0.5, 0.6) is 0 Å². The Balaban J connectivity index is 1.39. The molecule has 7 heteroatoms. The number of carbonyl (C=O) groups excluding carboxylic acids is 2. The van der Waals surface area contributed by atoms with Gasteiger partial charge in [-0.25, -0.2) is 4.39 Å². The highest BCUT2D eigenvalue weighted by Crippen LogP contribution is 2.17. The number of hydrogen-bond donors (Lipinski definition) is 1. The van der Waals surface area contributed by atoms with E-state index in [1.807, 2.05) is 4.90 Å². The van der Waals surface area contributed by atoms with E-state index in [0.717, 1.165) is 45.6 Å². The first kappa shape index (κ1) is 19.8. The molecule has 148 valence electrons. The smallest absolute Gasteiger partial charge is 0.238 e. The van der Waals surface area contributed by atoms with E-state index in [2.05, 4.69) is 22.0 Å². The van der Waals surface area contributed by atoms with Crippen molar-refractivity contribution in [2.24, 2.45) is 0 Å². The van der Waals surface area contributed by atoms with Crippen LogP contribution in [0.4, 0.5) is 10.1 Å². The Labute approximate surface area is 160 Å². The van der Waals surface area contributed by atoms with Gasteiger partial charge in [-0.1, -0.05) is 6.07 Å². The molecular formula is C20H29FN4O2. The van der Waals surface area contributed by atoms with Gasteiger partial charge in [-0.2, -0.15) is 0 Å². The number of piperidine rings is 1. The molecule has 2 aliphatic heterocycles. The molecule has 1 N–H and O–H groups in total. The largest absolute Gasteiger partial charge is 0.339 e. The van der Waals surface area contributed by atoms with Gasteiger partial charge in [0.05, 0.1) is 13.1 Å². The fourth-order valence-corrected chi connectivity index (χ4v) is 3.83. The molecule has 1 aromatic carbocycles. The van der Waals surface area contributed by atoms with Crippen LogP contribution in [0, 0.1) is 5.82 Å². The van der Waals surface area contributed by atoms with Gasteiger partial charge in [-0.05, 0) is 44.4 Å². The summed E-state index contributed by atoms with van der Waals surface area (Å²) in [7, 11) is 0. The van der Waals surface area contributed by atoms with Gasteiger partial charge in [-0.3, -0.25) is 19.4 Å². The maximum absolute atomic E-state index is 13.2. The zero-order chi connectivity index (χ0) is 19.2. The van der Waals surface area contributed by atoms with Crippen LogP contribution in [0.15, 0.2) is 24.3 Å². The van der Waals surface area contributed by atoms with Crippen LogP contribution in [0.25, 0.3) is 0 Å². The molecule has 1 aromatic rings. The second kappa shape index (κ2) is 9.28. The zero-order valence-corrected chi connectivity index (χ0v) is 16.0. The van der Waals surface area contributed by atoms with Crippen molar-refractivity contribution in [3.63, 3.8) is 0 Å². The maximum Gasteiger partial charge on any atom is 0.238 e. The molecule has 0 spiro atoms. The van der Waals surface area contributed by atoms with Gasteiger partial charge >= 0.3 is 0 Å². The molecule has 1 atom stereocenters. The summed E-state index contributed by atoms with van der Waals surface area (Å²) in [5.41, 5.74) is 0.472. The lowest BCUT2D eigenvalue weighted by Crippen LogP contribution is -2.53. The standard InChI is InChI=1S/C20H29FN4O2/c1-16-5-2-3-8-25(16)20(27)15-24-11-9-23(10-12-24)14-19(26)22-18-7-4-6-17(21)13-18/h4,6-7,13,16H,2-3,5,8-12,14-15H2,1H3,(H,22,26)/t16-/m1/s1. The van der Waals surface area contributed by atoms with Gasteiger partial charge in [0.15, 0.2) is 0 Å². The minimum Gasteiger partial charge on any atom is -0.339 e. The Bertz CT molecular complexity index is 661. The minimum absolute atomic E-state index is 0.146. The van der Waals surface area contributed by atoms with E-state index in [4.69, 9.17) is 0 Å². The third-order valence-electron chi connectivity index (χ3n) is 5.42. The predicted octanol–water partition coefficient (Wildman–Crippen LogP) is 1.78. The molecule has 0 radical (unpaired) electrons. The summed E-state index contributed by atoms with van der Waals surface area (Å²) >= 11 is 0. The summed E-state index contributed by atoms with van der Waals surface area (Å²) in [5, 5.41) is 2.73. The summed E-state index contributed by atoms with van der Waals surface area (Å²) in [5.74, 6) is -0.291. The molecule has 2 fully saturated rings. The van der Waals surface area contributed by atoms with Crippen LogP contribution in [0.3, 0.4) is 0 Å². The quantitative estimate of drug-likeness (QED) is 0.851. The molecule has 0 saturated carbocycles. The third-order valence-corrected chi connectivity index (χ3v) is 5.42. The fourth-order valence-electron chi connectivity index (χ4n) is 3.83. The van der Waals surface area contributed by atoms with Crippen molar-refractivity contribution in [1.82, 2.24) is 14.7 Å². The SMILES string of the molecule is C[C@@H]1CCCCN1C(=O)CN1CCN(CC(=O)Nc2cccc(F)c2)CC1. The van der Waals surface area contributed by atoms with Gasteiger partial charge < -0.3 is 10.2 Å². The first-order chi connectivity index (χ1) is 13.0. The Morgan fingerprint density at radius 2 is 1.78 bits per heavy atom. The van der Waals surface area contributed by atoms with Crippen LogP contribution in [0.1, 0.15) is 26.2 Å². The van der Waals surface area contributed by atoms with Gasteiger partial charge in [0.1, 0.15) is 5.82 Å². The molecule has 6 nitrogen and oxygen atoms in total. The van der Waals surface area contributed by atoms with Crippen LogP contribution in [0.2, 0.25) is 0 Å². The molecule has 2 amide bonds. The second-order valence-electron chi connectivity index (χ2n) is 7.54. The number of likely N-dealkylation sites (tertiary alicyclic amines) is 1. The maximum atomic E-state index is 13.2. The van der Waals surface area contributed by atoms with E-state index < -0.39 is 0 Å². The van der Waals surface area contributed by atoms with E-state index in [1.165, 1.54) is 18.6 Å². The van der Waals surface area contributed by atoms with Crippen LogP contribution in [-0.4, -0.2) is 78.4 Å². The molecule has 2 heterocycles. The van der Waals surface area contributed by atoms with Crippen molar-refractivity contribution in [2.75, 3.05) is 51.1 Å². The number of nitrogens with zero attached hydrogens (tertiary/aromatic N) is 3. The summed E-state index contributed by atoms with van der Waals surface area (Å²) in [4.78, 5) is 30.9. The monoisotopic (exact) mass is 376 g/mol. The molecule has 2 saturated heterocycles. The van der Waals surface area contributed by atoms with E-state index in [1.54, 1.807) is 12.1 Å². The van der Waals surface area contributed by atoms with Gasteiger partial charge in [0, 0.05) is 44.5 Å². The van der Waals surface area contributed by atoms with Gasteiger partial charge in [0.25, 0.3) is 0 Å². The predicted molar refractivity (Wildman–Crippen MR) is 103 cm³/mol. The Hall–Kier alpha value is -1.99. The molecular weight excluding hydrogens is 347 g/mol. The van der Waals surface area contributed by atoms with Crippen LogP contribution < -0.4 is 5.32 Å². The lowest BCUT2D eigenvalue weighted by Gasteiger charge is -2.37. The van der Waals surface area contributed by atoms with Crippen molar-refractivity contribution in [3.05, 3.63) is 30.1 Å². The molecule has 0 aliphatic carbocycles. The highest BCUT2D eigenvalue weighted by molar-refractivity contribution is 5.92. The number of hydrogen-bond acceptors (Lipinski definition) is 4. The van der Waals surface area contributed by atoms with E-state index in [9.17, 15) is 14.0 Å². The molecule has 27 heavy (non-hydrogen) atoms. The summed E-state index contributed by atoms with van der Waals surface area (Å²) in [6.45, 7) is 6.81. The average molecular weight is 376 g/mol. The summed E-state index contributed by atoms with van der Waals surface area (Å²) in [6.07, 6.45) is 3.41. The highest BCUT2D eigenvalue weighted by Gasteiger charge is 2.26. The number of rotatable bonds is 5. The number of halogens is 1. The summed E-state index contributed by atoms with van der Waals surface area (Å²) in [6, 6.07) is 6.25. The minimum atomic E-state index is -0.367. The van der Waals surface area contributed by atoms with Gasteiger partial charge in [-0.15, -0.1) is 0 Å². The number of anilines is 1. The fraction of sp³-hybridized carbons (Fsp3) is 0.600. The third kappa shape index (κ3) is 5.74.